The van der Waals surface area contributed by atoms with Gasteiger partial charge in [-0.1, -0.05) is 20.3 Å². The highest BCUT2D eigenvalue weighted by Crippen LogP contribution is 2.22. The van der Waals surface area contributed by atoms with Crippen LogP contribution in [-0.2, 0) is 0 Å². The Morgan fingerprint density at radius 2 is 1.69 bits per heavy atom. The quantitative estimate of drug-likeness (QED) is 0.491. The van der Waals surface area contributed by atoms with E-state index in [0.29, 0.717) is 0 Å². The van der Waals surface area contributed by atoms with Crippen LogP contribution in [0.25, 0.3) is 0 Å². The lowest BCUT2D eigenvalue weighted by atomic mass is 10.0. The molecule has 2 heteroatoms. The molecule has 0 saturated carbocycles. The van der Waals surface area contributed by atoms with Crippen molar-refractivity contribution in [3.8, 4) is 0 Å². The number of nitrogens with zero attached hydrogens (tertiary/aromatic N) is 1. The van der Waals surface area contributed by atoms with Gasteiger partial charge >= 0.3 is 0 Å². The van der Waals surface area contributed by atoms with Gasteiger partial charge in [0.2, 0.25) is 0 Å². The molecule has 0 spiro atoms. The van der Waals surface area contributed by atoms with E-state index >= 15 is 0 Å². The van der Waals surface area contributed by atoms with Crippen molar-refractivity contribution in [2.75, 3.05) is 25.5 Å². The average molecular weight is 204 g/mol. The van der Waals surface area contributed by atoms with E-state index in [-0.39, 0.29) is 0 Å². The molecule has 1 aliphatic heterocycles. The Hall–Kier alpha value is 0.250. The molecular formula is C11H22ClN. The Labute approximate surface area is 87.4 Å². The Balaban J connectivity index is 2.03. The molecule has 13 heavy (non-hydrogen) atoms. The minimum atomic E-state index is 0.826. The topological polar surface area (TPSA) is 3.24 Å². The van der Waals surface area contributed by atoms with Crippen molar-refractivity contribution in [2.45, 2.75) is 33.1 Å². The first-order valence-electron chi connectivity index (χ1n) is 5.52. The third-order valence-corrected chi connectivity index (χ3v) is 3.44. The normalized spacial score (nSPS) is 29.8. The minimum absolute atomic E-state index is 0.826. The monoisotopic (exact) mass is 203 g/mol. The van der Waals surface area contributed by atoms with Gasteiger partial charge in [-0.05, 0) is 31.2 Å². The number of hydrogen-bond acceptors (Lipinski definition) is 1. The Morgan fingerprint density at radius 3 is 2.23 bits per heavy atom. The first kappa shape index (κ1) is 11.3. The molecule has 1 saturated heterocycles. The van der Waals surface area contributed by atoms with Gasteiger partial charge in [-0.15, -0.1) is 11.6 Å². The molecule has 1 nitrogen and oxygen atoms in total. The number of likely N-dealkylation sites (tertiary alicyclic amines) is 1. The molecule has 0 aromatic heterocycles. The molecule has 1 fully saturated rings. The number of unbranched alkanes of at least 4 members (excludes halogenated alkanes) is 2. The van der Waals surface area contributed by atoms with E-state index in [9.17, 15) is 0 Å². The van der Waals surface area contributed by atoms with Gasteiger partial charge in [-0.3, -0.25) is 0 Å². The third-order valence-electron chi connectivity index (χ3n) is 3.17. The maximum absolute atomic E-state index is 5.63. The second-order valence-corrected chi connectivity index (χ2v) is 4.84. The molecule has 0 bridgehead atoms. The zero-order valence-electron chi connectivity index (χ0n) is 8.93. The van der Waals surface area contributed by atoms with Crippen LogP contribution in [0, 0.1) is 11.8 Å². The van der Waals surface area contributed by atoms with Crippen molar-refractivity contribution in [1.82, 2.24) is 4.90 Å². The maximum Gasteiger partial charge on any atom is 0.0223 e. The molecule has 78 valence electrons. The summed E-state index contributed by atoms with van der Waals surface area (Å²) in [7, 11) is 0. The average Bonchev–Trinajstić information content (AvgIpc) is 2.41. The van der Waals surface area contributed by atoms with Crippen LogP contribution in [0.1, 0.15) is 33.1 Å². The molecule has 0 N–H and O–H groups in total. The van der Waals surface area contributed by atoms with Crippen LogP contribution < -0.4 is 0 Å². The smallest absolute Gasteiger partial charge is 0.0223 e. The standard InChI is InChI=1S/C11H22ClN/c1-10-8-13(9-11(10)2)7-5-3-4-6-12/h10-11H,3-9H2,1-2H3. The van der Waals surface area contributed by atoms with E-state index in [1.807, 2.05) is 0 Å². The third kappa shape index (κ3) is 3.86. The lowest BCUT2D eigenvalue weighted by molar-refractivity contribution is 0.315. The van der Waals surface area contributed by atoms with Crippen LogP contribution in [0.3, 0.4) is 0 Å². The van der Waals surface area contributed by atoms with Crippen LogP contribution in [0.15, 0.2) is 0 Å². The van der Waals surface area contributed by atoms with Crippen LogP contribution in [-0.4, -0.2) is 30.4 Å². The SMILES string of the molecule is CC1CN(CCCCCCl)CC1C. The van der Waals surface area contributed by atoms with Crippen LogP contribution in [0.5, 0.6) is 0 Å². The Kier molecular flexibility index (Phi) is 5.12. The molecule has 2 atom stereocenters. The molecule has 1 aliphatic rings. The first-order valence-corrected chi connectivity index (χ1v) is 6.05. The first-order chi connectivity index (χ1) is 6.24. The number of halogens is 1. The Bertz CT molecular complexity index is 128. The van der Waals surface area contributed by atoms with Gasteiger partial charge < -0.3 is 4.90 Å². The summed E-state index contributed by atoms with van der Waals surface area (Å²) >= 11 is 5.63. The fraction of sp³-hybridized carbons (Fsp3) is 1.00. The van der Waals surface area contributed by atoms with Crippen LogP contribution in [0.4, 0.5) is 0 Å². The van der Waals surface area contributed by atoms with Crippen molar-refractivity contribution in [2.24, 2.45) is 11.8 Å². The van der Waals surface area contributed by atoms with E-state index in [4.69, 9.17) is 11.6 Å². The van der Waals surface area contributed by atoms with Crippen molar-refractivity contribution in [3.05, 3.63) is 0 Å². The van der Waals surface area contributed by atoms with Crippen LogP contribution in [0.2, 0.25) is 0 Å². The van der Waals surface area contributed by atoms with Gasteiger partial charge in [0, 0.05) is 19.0 Å². The predicted octanol–water partition coefficient (Wildman–Crippen LogP) is 2.98. The summed E-state index contributed by atoms with van der Waals surface area (Å²) < 4.78 is 0. The highest BCUT2D eigenvalue weighted by atomic mass is 35.5. The largest absolute Gasteiger partial charge is 0.303 e. The molecule has 0 aromatic rings. The van der Waals surface area contributed by atoms with E-state index in [0.717, 1.165) is 17.7 Å². The highest BCUT2D eigenvalue weighted by molar-refractivity contribution is 6.17. The van der Waals surface area contributed by atoms with Crippen molar-refractivity contribution < 1.29 is 0 Å². The summed E-state index contributed by atoms with van der Waals surface area (Å²) in [5.41, 5.74) is 0. The summed E-state index contributed by atoms with van der Waals surface area (Å²) in [4.78, 5) is 2.60. The second-order valence-electron chi connectivity index (χ2n) is 4.46. The van der Waals surface area contributed by atoms with Gasteiger partial charge in [0.25, 0.3) is 0 Å². The fourth-order valence-corrected chi connectivity index (χ4v) is 2.23. The molecule has 1 rings (SSSR count). The van der Waals surface area contributed by atoms with Crippen molar-refractivity contribution in [1.29, 1.82) is 0 Å². The highest BCUT2D eigenvalue weighted by Gasteiger charge is 2.24. The molecule has 0 aliphatic carbocycles. The molecule has 0 aromatic carbocycles. The van der Waals surface area contributed by atoms with E-state index in [1.54, 1.807) is 0 Å². The lowest BCUT2D eigenvalue weighted by Gasteiger charge is -2.14. The minimum Gasteiger partial charge on any atom is -0.303 e. The Morgan fingerprint density at radius 1 is 1.08 bits per heavy atom. The summed E-state index contributed by atoms with van der Waals surface area (Å²) in [5, 5.41) is 0. The van der Waals surface area contributed by atoms with E-state index in [1.165, 1.54) is 38.9 Å². The summed E-state index contributed by atoms with van der Waals surface area (Å²) in [6.45, 7) is 8.63. The van der Waals surface area contributed by atoms with Crippen molar-refractivity contribution in [3.63, 3.8) is 0 Å². The zero-order valence-corrected chi connectivity index (χ0v) is 9.69. The fourth-order valence-electron chi connectivity index (χ4n) is 2.04. The van der Waals surface area contributed by atoms with Gasteiger partial charge in [-0.25, -0.2) is 0 Å². The van der Waals surface area contributed by atoms with Gasteiger partial charge in [0.1, 0.15) is 0 Å². The number of hydrogen-bond donors (Lipinski definition) is 0. The maximum atomic E-state index is 5.63. The second kappa shape index (κ2) is 5.87. The molecule has 1 heterocycles. The van der Waals surface area contributed by atoms with Crippen LogP contribution >= 0.6 is 11.6 Å². The summed E-state index contributed by atoms with van der Waals surface area (Å²) in [5.74, 6) is 2.62. The number of alkyl halides is 1. The van der Waals surface area contributed by atoms with Gasteiger partial charge in [-0.2, -0.15) is 0 Å². The summed E-state index contributed by atoms with van der Waals surface area (Å²) in [6, 6.07) is 0. The van der Waals surface area contributed by atoms with Gasteiger partial charge in [0.15, 0.2) is 0 Å². The van der Waals surface area contributed by atoms with E-state index in [2.05, 4.69) is 18.7 Å². The molecule has 2 unspecified atom stereocenters. The van der Waals surface area contributed by atoms with Crippen molar-refractivity contribution >= 4 is 11.6 Å². The summed E-state index contributed by atoms with van der Waals surface area (Å²) in [6.07, 6.45) is 3.80. The molecular weight excluding hydrogens is 182 g/mol. The zero-order chi connectivity index (χ0) is 9.68. The lowest BCUT2D eigenvalue weighted by Crippen LogP contribution is -2.21. The molecule has 0 radical (unpaired) electrons. The van der Waals surface area contributed by atoms with Gasteiger partial charge in [0.05, 0.1) is 0 Å². The number of rotatable bonds is 5. The molecule has 0 amide bonds. The van der Waals surface area contributed by atoms with E-state index < -0.39 is 0 Å². The predicted molar refractivity (Wildman–Crippen MR) is 59.3 cm³/mol.